The van der Waals surface area contributed by atoms with E-state index in [0.29, 0.717) is 12.3 Å². The number of carbonyl (C=O) groups is 2. The predicted octanol–water partition coefficient (Wildman–Crippen LogP) is 2.16. The van der Waals surface area contributed by atoms with Gasteiger partial charge in [-0.25, -0.2) is 0 Å². The van der Waals surface area contributed by atoms with Crippen LogP contribution in [0.2, 0.25) is 0 Å². The van der Waals surface area contributed by atoms with Crippen molar-refractivity contribution in [1.29, 1.82) is 0 Å². The molecule has 0 aromatic heterocycles. The van der Waals surface area contributed by atoms with E-state index in [1.807, 2.05) is 18.2 Å². The van der Waals surface area contributed by atoms with Crippen molar-refractivity contribution in [2.24, 2.45) is 5.73 Å². The molecule has 2 amide bonds. The Kier molecular flexibility index (Phi) is 5.49. The fourth-order valence-corrected chi connectivity index (χ4v) is 3.19. The lowest BCUT2D eigenvalue weighted by molar-refractivity contribution is -0.120. The Balaban J connectivity index is 1.80. The number of primary amides is 1. The monoisotopic (exact) mass is 370 g/mol. The van der Waals surface area contributed by atoms with Gasteiger partial charge in [-0.15, -0.1) is 0 Å². The number of rotatable bonds is 6. The highest BCUT2D eigenvalue weighted by Gasteiger charge is 2.24. The van der Waals surface area contributed by atoms with Crippen molar-refractivity contribution in [2.45, 2.75) is 12.8 Å². The third-order valence-electron chi connectivity index (χ3n) is 4.51. The molecule has 0 saturated carbocycles. The van der Waals surface area contributed by atoms with Crippen molar-refractivity contribution in [1.82, 2.24) is 0 Å². The summed E-state index contributed by atoms with van der Waals surface area (Å²) < 4.78 is 16.1. The molecule has 0 unspecified atom stereocenters. The lowest BCUT2D eigenvalue weighted by atomic mass is 10.0. The molecule has 1 aliphatic rings. The summed E-state index contributed by atoms with van der Waals surface area (Å²) in [5, 5.41) is 0. The fourth-order valence-electron chi connectivity index (χ4n) is 3.19. The van der Waals surface area contributed by atoms with Crippen LogP contribution in [0.25, 0.3) is 0 Å². The summed E-state index contributed by atoms with van der Waals surface area (Å²) in [6, 6.07) is 10.5. The Bertz CT molecular complexity index is 865. The highest BCUT2D eigenvalue weighted by Crippen LogP contribution is 2.32. The molecule has 7 heteroatoms. The van der Waals surface area contributed by atoms with E-state index in [1.165, 1.54) is 13.2 Å². The smallest absolute Gasteiger partial charge is 0.264 e. The van der Waals surface area contributed by atoms with Gasteiger partial charge in [0.05, 0.1) is 19.8 Å². The number of benzene rings is 2. The second kappa shape index (κ2) is 7.99. The molecule has 0 saturated heterocycles. The normalized spacial score (nSPS) is 12.9. The molecular weight excluding hydrogens is 348 g/mol. The number of fused-ring (bicyclic) bond motifs is 1. The molecule has 142 valence electrons. The Morgan fingerprint density at radius 1 is 1.15 bits per heavy atom. The van der Waals surface area contributed by atoms with Crippen molar-refractivity contribution in [3.8, 4) is 17.2 Å². The number of nitrogens with two attached hydrogens (primary N) is 1. The first-order chi connectivity index (χ1) is 13.0. The van der Waals surface area contributed by atoms with E-state index in [4.69, 9.17) is 19.9 Å². The van der Waals surface area contributed by atoms with Crippen LogP contribution in [0, 0.1) is 0 Å². The van der Waals surface area contributed by atoms with Gasteiger partial charge in [0.15, 0.2) is 18.1 Å². The Morgan fingerprint density at radius 3 is 2.67 bits per heavy atom. The van der Waals surface area contributed by atoms with Gasteiger partial charge in [0.2, 0.25) is 0 Å². The number of amides is 2. The van der Waals surface area contributed by atoms with E-state index < -0.39 is 5.91 Å². The van der Waals surface area contributed by atoms with Gasteiger partial charge in [0.25, 0.3) is 11.8 Å². The van der Waals surface area contributed by atoms with E-state index >= 15 is 0 Å². The van der Waals surface area contributed by atoms with Gasteiger partial charge in [-0.3, -0.25) is 9.59 Å². The molecule has 0 spiro atoms. The van der Waals surface area contributed by atoms with E-state index in [9.17, 15) is 9.59 Å². The van der Waals surface area contributed by atoms with E-state index in [2.05, 4.69) is 0 Å². The summed E-state index contributed by atoms with van der Waals surface area (Å²) in [4.78, 5) is 26.1. The van der Waals surface area contributed by atoms with E-state index in [0.717, 1.165) is 29.8 Å². The minimum Gasteiger partial charge on any atom is -0.497 e. The lowest BCUT2D eigenvalue weighted by Crippen LogP contribution is -2.38. The lowest BCUT2D eigenvalue weighted by Gasteiger charge is -2.30. The van der Waals surface area contributed by atoms with Crippen LogP contribution in [-0.2, 0) is 11.2 Å². The van der Waals surface area contributed by atoms with Crippen molar-refractivity contribution in [2.75, 3.05) is 32.3 Å². The van der Waals surface area contributed by atoms with Crippen LogP contribution in [-0.4, -0.2) is 39.2 Å². The summed E-state index contributed by atoms with van der Waals surface area (Å²) >= 11 is 0. The van der Waals surface area contributed by atoms with Crippen LogP contribution >= 0.6 is 0 Å². The Labute approximate surface area is 157 Å². The van der Waals surface area contributed by atoms with Crippen LogP contribution < -0.4 is 24.8 Å². The quantitative estimate of drug-likeness (QED) is 0.841. The van der Waals surface area contributed by atoms with E-state index in [1.54, 1.807) is 24.1 Å². The van der Waals surface area contributed by atoms with Gasteiger partial charge < -0.3 is 24.8 Å². The number of anilines is 1. The van der Waals surface area contributed by atoms with Gasteiger partial charge >= 0.3 is 0 Å². The first-order valence-corrected chi connectivity index (χ1v) is 8.62. The van der Waals surface area contributed by atoms with Crippen LogP contribution in [0.3, 0.4) is 0 Å². The second-order valence-corrected chi connectivity index (χ2v) is 6.13. The first kappa shape index (κ1) is 18.6. The van der Waals surface area contributed by atoms with Crippen LogP contribution in [0.1, 0.15) is 22.3 Å². The van der Waals surface area contributed by atoms with Gasteiger partial charge in [0, 0.05) is 12.2 Å². The molecule has 2 aromatic carbocycles. The van der Waals surface area contributed by atoms with Crippen molar-refractivity contribution >= 4 is 17.5 Å². The number of nitrogens with zero attached hydrogens (tertiary/aromatic N) is 1. The fraction of sp³-hybridized carbons (Fsp3) is 0.300. The highest BCUT2D eigenvalue weighted by atomic mass is 16.5. The molecule has 0 fully saturated rings. The van der Waals surface area contributed by atoms with Gasteiger partial charge in [-0.1, -0.05) is 6.07 Å². The third kappa shape index (κ3) is 3.81. The number of para-hydroxylation sites is 1. The van der Waals surface area contributed by atoms with Crippen LogP contribution in [0.15, 0.2) is 36.4 Å². The molecule has 2 N–H and O–H groups in total. The maximum atomic E-state index is 12.8. The SMILES string of the molecule is COc1ccc2c(c1)CCCN2C(=O)COc1c(OC)cccc1C(N)=O. The molecule has 0 aliphatic carbocycles. The Hall–Kier alpha value is -3.22. The minimum atomic E-state index is -0.647. The summed E-state index contributed by atoms with van der Waals surface area (Å²) in [5.74, 6) is 0.435. The number of hydrogen-bond acceptors (Lipinski definition) is 5. The van der Waals surface area contributed by atoms with E-state index in [-0.39, 0.29) is 23.8 Å². The highest BCUT2D eigenvalue weighted by molar-refractivity contribution is 5.98. The van der Waals surface area contributed by atoms with Gasteiger partial charge in [0.1, 0.15) is 5.75 Å². The standard InChI is InChI=1S/C20H22N2O5/c1-25-14-8-9-16-13(11-14)5-4-10-22(16)18(23)12-27-19-15(20(21)24)6-3-7-17(19)26-2/h3,6-9,11H,4-5,10,12H2,1-2H3,(H2,21,24). The number of aryl methyl sites for hydroxylation is 1. The summed E-state index contributed by atoms with van der Waals surface area (Å²) in [6.07, 6.45) is 1.74. The minimum absolute atomic E-state index is 0.172. The average Bonchev–Trinajstić information content (AvgIpc) is 2.70. The third-order valence-corrected chi connectivity index (χ3v) is 4.51. The molecular formula is C20H22N2O5. The van der Waals surface area contributed by atoms with Crippen molar-refractivity contribution < 1.29 is 23.8 Å². The molecule has 1 aliphatic heterocycles. The number of ether oxygens (including phenoxy) is 3. The molecule has 1 heterocycles. The summed E-state index contributed by atoms with van der Waals surface area (Å²) in [5.41, 5.74) is 7.48. The van der Waals surface area contributed by atoms with Gasteiger partial charge in [-0.2, -0.15) is 0 Å². The maximum Gasteiger partial charge on any atom is 0.264 e. The summed E-state index contributed by atoms with van der Waals surface area (Å²) in [6.45, 7) is 0.377. The zero-order chi connectivity index (χ0) is 19.4. The molecule has 0 atom stereocenters. The number of methoxy groups -OCH3 is 2. The molecule has 0 radical (unpaired) electrons. The zero-order valence-electron chi connectivity index (χ0n) is 15.4. The van der Waals surface area contributed by atoms with Crippen LogP contribution in [0.4, 0.5) is 5.69 Å². The second-order valence-electron chi connectivity index (χ2n) is 6.13. The molecule has 2 aromatic rings. The molecule has 7 nitrogen and oxygen atoms in total. The first-order valence-electron chi connectivity index (χ1n) is 8.62. The molecule has 0 bridgehead atoms. The predicted molar refractivity (Wildman–Crippen MR) is 101 cm³/mol. The van der Waals surface area contributed by atoms with Crippen LogP contribution in [0.5, 0.6) is 17.2 Å². The zero-order valence-corrected chi connectivity index (χ0v) is 15.4. The topological polar surface area (TPSA) is 91.1 Å². The van der Waals surface area contributed by atoms with Crippen molar-refractivity contribution in [3.05, 3.63) is 47.5 Å². The number of hydrogen-bond donors (Lipinski definition) is 1. The molecule has 27 heavy (non-hydrogen) atoms. The summed E-state index contributed by atoms with van der Waals surface area (Å²) in [7, 11) is 3.08. The molecule has 3 rings (SSSR count). The van der Waals surface area contributed by atoms with Gasteiger partial charge in [-0.05, 0) is 48.7 Å². The largest absolute Gasteiger partial charge is 0.497 e. The number of carbonyl (C=O) groups excluding carboxylic acids is 2. The van der Waals surface area contributed by atoms with Crippen molar-refractivity contribution in [3.63, 3.8) is 0 Å². The Morgan fingerprint density at radius 2 is 1.96 bits per heavy atom. The maximum absolute atomic E-state index is 12.8. The average molecular weight is 370 g/mol.